The molecule has 0 saturated heterocycles. The third kappa shape index (κ3) is 4.43. The maximum absolute atomic E-state index is 12.3. The van der Waals surface area contributed by atoms with Crippen molar-refractivity contribution in [2.75, 3.05) is 5.32 Å². The number of nitrogens with one attached hydrogen (secondary N) is 2. The Morgan fingerprint density at radius 3 is 2.72 bits per heavy atom. The second kappa shape index (κ2) is 8.96. The van der Waals surface area contributed by atoms with Crippen LogP contribution in [-0.2, 0) is 4.74 Å². The van der Waals surface area contributed by atoms with E-state index in [1.54, 1.807) is 12.1 Å². The predicted molar refractivity (Wildman–Crippen MR) is 120 cm³/mol. The van der Waals surface area contributed by atoms with Crippen molar-refractivity contribution in [2.24, 2.45) is 0 Å². The lowest BCUT2D eigenvalue weighted by Gasteiger charge is -2.16. The van der Waals surface area contributed by atoms with E-state index in [0.717, 1.165) is 28.2 Å². The van der Waals surface area contributed by atoms with Crippen molar-refractivity contribution < 1.29 is 20.0 Å². The molecule has 3 unspecified atom stereocenters. The molecule has 0 saturated carbocycles. The fourth-order valence-electron chi connectivity index (χ4n) is 4.21. The van der Waals surface area contributed by atoms with Crippen LogP contribution in [0.15, 0.2) is 60.7 Å². The molecule has 3 N–H and O–H groups in total. The summed E-state index contributed by atoms with van der Waals surface area (Å²) in [5, 5.41) is 26.5. The van der Waals surface area contributed by atoms with Crippen molar-refractivity contribution in [2.45, 2.75) is 39.2 Å². The minimum absolute atomic E-state index is 0.0974. The number of para-hydroxylation sites is 1. The molecular formula is C24H26N4O4. The van der Waals surface area contributed by atoms with Gasteiger partial charge < -0.3 is 9.94 Å². The zero-order valence-corrected chi connectivity index (χ0v) is 18.2. The maximum Gasteiger partial charge on any atom is 0.412 e. The van der Waals surface area contributed by atoms with Gasteiger partial charge in [0.2, 0.25) is 0 Å². The van der Waals surface area contributed by atoms with Gasteiger partial charge in [-0.25, -0.2) is 14.7 Å². The monoisotopic (exact) mass is 434 g/mol. The van der Waals surface area contributed by atoms with E-state index in [-0.39, 0.29) is 17.7 Å². The molecule has 1 amide bonds. The van der Waals surface area contributed by atoms with Crippen molar-refractivity contribution in [3.63, 3.8) is 0 Å². The minimum atomic E-state index is -1.06. The molecule has 3 atom stereocenters. The molecule has 0 fully saturated rings. The van der Waals surface area contributed by atoms with Gasteiger partial charge in [-0.3, -0.25) is 5.32 Å². The Kier molecular flexibility index (Phi) is 6.09. The highest BCUT2D eigenvalue weighted by molar-refractivity contribution is 5.85. The van der Waals surface area contributed by atoms with Crippen LogP contribution in [0.1, 0.15) is 34.9 Å². The molecule has 0 bridgehead atoms. The molecule has 166 valence electrons. The number of carbonyl (C=O) groups is 1. The van der Waals surface area contributed by atoms with Crippen LogP contribution in [0.4, 0.5) is 16.2 Å². The molecule has 8 heteroatoms. The van der Waals surface area contributed by atoms with E-state index in [1.165, 1.54) is 12.1 Å². The first kappa shape index (κ1) is 21.8. The predicted octanol–water partition coefficient (Wildman–Crippen LogP) is 3.86. The number of anilines is 1. The number of hydrogen-bond acceptors (Lipinski definition) is 5. The number of amides is 1. The summed E-state index contributed by atoms with van der Waals surface area (Å²) in [4.78, 5) is 12.3. The van der Waals surface area contributed by atoms with Gasteiger partial charge in [0.1, 0.15) is 6.10 Å². The Morgan fingerprint density at radius 2 is 1.97 bits per heavy atom. The van der Waals surface area contributed by atoms with E-state index in [2.05, 4.69) is 37.4 Å². The Labute approximate surface area is 186 Å². The number of benzene rings is 2. The zero-order chi connectivity index (χ0) is 22.8. The van der Waals surface area contributed by atoms with Crippen molar-refractivity contribution in [1.29, 1.82) is 0 Å². The van der Waals surface area contributed by atoms with Gasteiger partial charge in [-0.05, 0) is 51.0 Å². The van der Waals surface area contributed by atoms with Gasteiger partial charge in [-0.15, -0.1) is 0 Å². The van der Waals surface area contributed by atoms with Crippen LogP contribution < -0.4 is 10.5 Å². The third-order valence-corrected chi connectivity index (χ3v) is 5.72. The van der Waals surface area contributed by atoms with Crippen molar-refractivity contribution >= 4 is 17.5 Å². The quantitative estimate of drug-likeness (QED) is 0.418. The topological polar surface area (TPSA) is 104 Å². The first-order chi connectivity index (χ1) is 15.3. The molecular weight excluding hydrogens is 408 g/mol. The van der Waals surface area contributed by atoms with Gasteiger partial charge in [0.05, 0.1) is 17.1 Å². The molecule has 8 nitrogen and oxygen atoms in total. The third-order valence-electron chi connectivity index (χ3n) is 5.72. The average molecular weight is 434 g/mol. The number of hydrogen-bond donors (Lipinski definition) is 3. The van der Waals surface area contributed by atoms with Gasteiger partial charge >= 0.3 is 6.09 Å². The van der Waals surface area contributed by atoms with E-state index >= 15 is 0 Å². The normalized spacial score (nSPS) is 18.5. The van der Waals surface area contributed by atoms with E-state index in [1.807, 2.05) is 29.8 Å². The lowest BCUT2D eigenvalue weighted by Crippen LogP contribution is -2.99. The lowest BCUT2D eigenvalue weighted by molar-refractivity contribution is -0.991. The van der Waals surface area contributed by atoms with Crippen LogP contribution in [-0.4, -0.2) is 27.2 Å². The molecule has 3 aromatic rings. The van der Waals surface area contributed by atoms with Crippen LogP contribution >= 0.6 is 0 Å². The summed E-state index contributed by atoms with van der Waals surface area (Å²) in [5.41, 5.74) is 5.84. The van der Waals surface area contributed by atoms with Crippen molar-refractivity contribution in [1.82, 2.24) is 9.78 Å². The number of nitrogens with zero attached hydrogens (tertiary/aromatic N) is 2. The van der Waals surface area contributed by atoms with Gasteiger partial charge in [-0.2, -0.15) is 10.3 Å². The Balaban J connectivity index is 1.43. The summed E-state index contributed by atoms with van der Waals surface area (Å²) in [7, 11) is 0. The summed E-state index contributed by atoms with van der Waals surface area (Å²) < 4.78 is 7.52. The zero-order valence-electron chi connectivity index (χ0n) is 18.2. The first-order valence-electron chi connectivity index (χ1n) is 10.4. The number of allylic oxidation sites excluding steroid dienone is 1. The fourth-order valence-corrected chi connectivity index (χ4v) is 4.21. The Hall–Kier alpha value is -3.46. The highest BCUT2D eigenvalue weighted by Gasteiger charge is 2.28. The molecule has 2 aromatic carbocycles. The fraction of sp³-hybridized carbons (Fsp3) is 0.250. The summed E-state index contributed by atoms with van der Waals surface area (Å²) in [6.07, 6.45) is 3.59. The van der Waals surface area contributed by atoms with Crippen LogP contribution in [0.2, 0.25) is 0 Å². The summed E-state index contributed by atoms with van der Waals surface area (Å²) in [5.74, 6) is 0.0981. The van der Waals surface area contributed by atoms with Crippen molar-refractivity contribution in [3.05, 3.63) is 88.4 Å². The highest BCUT2D eigenvalue weighted by atomic mass is 16.8. The van der Waals surface area contributed by atoms with Gasteiger partial charge in [-0.1, -0.05) is 30.3 Å². The van der Waals surface area contributed by atoms with Gasteiger partial charge in [0, 0.05) is 29.3 Å². The molecule has 32 heavy (non-hydrogen) atoms. The first-order valence-corrected chi connectivity index (χ1v) is 10.4. The summed E-state index contributed by atoms with van der Waals surface area (Å²) in [6, 6.07) is 14.2. The number of rotatable bonds is 5. The molecule has 0 aliphatic heterocycles. The Bertz CT molecular complexity index is 1170. The average Bonchev–Trinajstić information content (AvgIpc) is 3.31. The maximum atomic E-state index is 12.3. The standard InChI is InChI=1S/C24H26N4O4/c1-15-7-4-5-10-22(15)27-17(3)23(16(2)26-27)18-11-12-21(13-18)32-24(29)25-19-8-6-9-20(14-19)28(30)31/h4-12,14,18,21,28,30H,13H2,1-3H3,(H,25,29). The number of quaternary nitrogens is 1. The van der Waals surface area contributed by atoms with E-state index in [9.17, 15) is 10.0 Å². The number of ether oxygens (including phenoxy) is 1. The molecule has 1 heterocycles. The van der Waals surface area contributed by atoms with Crippen LogP contribution in [0.5, 0.6) is 0 Å². The molecule has 1 aromatic heterocycles. The van der Waals surface area contributed by atoms with Crippen LogP contribution in [0.3, 0.4) is 0 Å². The largest absolute Gasteiger partial charge is 0.595 e. The summed E-state index contributed by atoms with van der Waals surface area (Å²) >= 11 is 0. The van der Waals surface area contributed by atoms with Gasteiger partial charge in [0.25, 0.3) is 0 Å². The molecule has 1 aliphatic carbocycles. The SMILES string of the molecule is Cc1ccccc1-n1nc(C)c(C2C=CC(OC(=O)Nc3cccc([NH+]([O-])O)c3)C2)c1C. The van der Waals surface area contributed by atoms with Crippen molar-refractivity contribution in [3.8, 4) is 5.69 Å². The second-order valence-corrected chi connectivity index (χ2v) is 7.96. The minimum Gasteiger partial charge on any atom is -0.595 e. The van der Waals surface area contributed by atoms with Crippen LogP contribution in [0.25, 0.3) is 5.69 Å². The van der Waals surface area contributed by atoms with E-state index in [4.69, 9.17) is 15.0 Å². The lowest BCUT2D eigenvalue weighted by atomic mass is 9.96. The van der Waals surface area contributed by atoms with Crippen LogP contribution in [0, 0.1) is 26.0 Å². The highest BCUT2D eigenvalue weighted by Crippen LogP contribution is 2.35. The molecule has 0 spiro atoms. The van der Waals surface area contributed by atoms with E-state index < -0.39 is 11.3 Å². The molecule has 0 radical (unpaired) electrons. The number of aryl methyl sites for hydroxylation is 2. The van der Waals surface area contributed by atoms with Gasteiger partial charge in [0.15, 0.2) is 5.69 Å². The molecule has 4 rings (SSSR count). The second-order valence-electron chi connectivity index (χ2n) is 7.96. The molecule has 1 aliphatic rings. The van der Waals surface area contributed by atoms with E-state index in [0.29, 0.717) is 12.1 Å². The Morgan fingerprint density at radius 1 is 1.19 bits per heavy atom. The number of carbonyl (C=O) groups excluding carboxylic acids is 1. The summed E-state index contributed by atoms with van der Waals surface area (Å²) in [6.45, 7) is 6.13. The number of aromatic nitrogens is 2. The smallest absolute Gasteiger partial charge is 0.412 e.